The van der Waals surface area contributed by atoms with Gasteiger partial charge in [0, 0.05) is 11.8 Å². The fraction of sp³-hybridized carbons (Fsp3) is 0.0526. The average Bonchev–Trinajstić information content (AvgIpc) is 2.58. The molecule has 3 aromatic rings. The van der Waals surface area contributed by atoms with E-state index < -0.39 is 11.7 Å². The summed E-state index contributed by atoms with van der Waals surface area (Å²) in [7, 11) is 0. The lowest BCUT2D eigenvalue weighted by Crippen LogP contribution is -2.13. The minimum atomic E-state index is -0.486. The number of rotatable bonds is 3. The number of benzene rings is 2. The summed E-state index contributed by atoms with van der Waals surface area (Å²) in [6, 6.07) is 15.2. The summed E-state index contributed by atoms with van der Waals surface area (Å²) in [6.45, 7) is 1.78. The Morgan fingerprint density at radius 2 is 1.96 bits per heavy atom. The number of aryl methyl sites for hydroxylation is 1. The number of hydrogen-bond donors (Lipinski definition) is 1. The van der Waals surface area contributed by atoms with Crippen LogP contribution < -0.4 is 5.32 Å². The molecular weight excluding hydrogens is 327 g/mol. The molecule has 5 heteroatoms. The van der Waals surface area contributed by atoms with E-state index in [0.29, 0.717) is 5.02 Å². The van der Waals surface area contributed by atoms with Crippen LogP contribution in [0.15, 0.2) is 60.8 Å². The Hall–Kier alpha value is -2.72. The van der Waals surface area contributed by atoms with Gasteiger partial charge in [-0.15, -0.1) is 0 Å². The van der Waals surface area contributed by atoms with Gasteiger partial charge in [0.2, 0.25) is 0 Å². The van der Waals surface area contributed by atoms with Gasteiger partial charge in [0.1, 0.15) is 5.82 Å². The number of hydrogen-bond acceptors (Lipinski definition) is 2. The van der Waals surface area contributed by atoms with Gasteiger partial charge in [0.15, 0.2) is 0 Å². The van der Waals surface area contributed by atoms with Gasteiger partial charge in [-0.05, 0) is 48.9 Å². The quantitative estimate of drug-likeness (QED) is 0.720. The second kappa shape index (κ2) is 6.81. The molecule has 0 radical (unpaired) electrons. The highest BCUT2D eigenvalue weighted by atomic mass is 35.5. The Bertz CT molecular complexity index is 897. The Labute approximate surface area is 144 Å². The van der Waals surface area contributed by atoms with E-state index in [2.05, 4.69) is 10.3 Å². The van der Waals surface area contributed by atoms with Crippen molar-refractivity contribution in [3.8, 4) is 11.3 Å². The van der Waals surface area contributed by atoms with Crippen LogP contribution in [0, 0.1) is 12.7 Å². The van der Waals surface area contributed by atoms with Gasteiger partial charge in [-0.3, -0.25) is 9.78 Å². The smallest absolute Gasteiger partial charge is 0.257 e. The van der Waals surface area contributed by atoms with Crippen molar-refractivity contribution < 1.29 is 9.18 Å². The Morgan fingerprint density at radius 1 is 1.12 bits per heavy atom. The number of carbonyl (C=O) groups is 1. The summed E-state index contributed by atoms with van der Waals surface area (Å²) in [5, 5.41) is 2.85. The molecule has 0 unspecified atom stereocenters. The van der Waals surface area contributed by atoms with Gasteiger partial charge >= 0.3 is 0 Å². The maximum absolute atomic E-state index is 13.9. The minimum Gasteiger partial charge on any atom is -0.319 e. The molecule has 0 aliphatic heterocycles. The van der Waals surface area contributed by atoms with Crippen LogP contribution in [-0.4, -0.2) is 10.9 Å². The van der Waals surface area contributed by atoms with E-state index in [0.717, 1.165) is 16.8 Å². The topological polar surface area (TPSA) is 42.0 Å². The van der Waals surface area contributed by atoms with Crippen molar-refractivity contribution in [2.75, 3.05) is 5.32 Å². The molecule has 3 rings (SSSR count). The molecule has 120 valence electrons. The van der Waals surface area contributed by atoms with Crippen molar-refractivity contribution in [1.29, 1.82) is 0 Å². The first-order chi connectivity index (χ1) is 11.5. The third-order valence-electron chi connectivity index (χ3n) is 3.54. The van der Waals surface area contributed by atoms with Gasteiger partial charge in [0.25, 0.3) is 5.91 Å². The lowest BCUT2D eigenvalue weighted by Gasteiger charge is -2.10. The van der Waals surface area contributed by atoms with Crippen molar-refractivity contribution in [2.24, 2.45) is 0 Å². The summed E-state index contributed by atoms with van der Waals surface area (Å²) >= 11 is 6.13. The molecule has 1 aromatic heterocycles. The summed E-state index contributed by atoms with van der Waals surface area (Å²) in [4.78, 5) is 16.7. The van der Waals surface area contributed by atoms with E-state index in [1.807, 2.05) is 18.2 Å². The van der Waals surface area contributed by atoms with Gasteiger partial charge in [-0.25, -0.2) is 4.39 Å². The highest BCUT2D eigenvalue weighted by Gasteiger charge is 2.14. The zero-order chi connectivity index (χ0) is 17.1. The van der Waals surface area contributed by atoms with E-state index in [9.17, 15) is 9.18 Å². The lowest BCUT2D eigenvalue weighted by atomic mass is 10.1. The van der Waals surface area contributed by atoms with Crippen molar-refractivity contribution in [1.82, 2.24) is 4.98 Å². The van der Waals surface area contributed by atoms with Crippen LogP contribution in [0.4, 0.5) is 10.1 Å². The maximum Gasteiger partial charge on any atom is 0.257 e. The third-order valence-corrected chi connectivity index (χ3v) is 3.87. The first-order valence-corrected chi connectivity index (χ1v) is 7.71. The molecule has 1 amide bonds. The number of aromatic nitrogens is 1. The van der Waals surface area contributed by atoms with E-state index in [-0.39, 0.29) is 11.3 Å². The molecule has 0 aliphatic rings. The molecular formula is C19H14ClFN2O. The fourth-order valence-corrected chi connectivity index (χ4v) is 2.51. The highest BCUT2D eigenvalue weighted by molar-refractivity contribution is 6.34. The van der Waals surface area contributed by atoms with E-state index in [4.69, 9.17) is 11.6 Å². The van der Waals surface area contributed by atoms with E-state index in [1.165, 1.54) is 12.1 Å². The summed E-state index contributed by atoms with van der Waals surface area (Å²) in [5.41, 5.74) is 2.64. The standard InChI is InChI=1S/C19H14ClFN2O/c1-12-5-8-18(16(21)10-12)23-19(24)14-11-13(6-7-15(14)20)17-4-2-3-9-22-17/h2-11H,1H3,(H,23,24). The zero-order valence-electron chi connectivity index (χ0n) is 12.9. The summed E-state index contributed by atoms with van der Waals surface area (Å²) in [6.07, 6.45) is 1.67. The van der Waals surface area contributed by atoms with Crippen molar-refractivity contribution >= 4 is 23.2 Å². The highest BCUT2D eigenvalue weighted by Crippen LogP contribution is 2.25. The first kappa shape index (κ1) is 16.1. The van der Waals surface area contributed by atoms with Crippen LogP contribution in [0.2, 0.25) is 5.02 Å². The van der Waals surface area contributed by atoms with Crippen molar-refractivity contribution in [3.05, 3.63) is 82.8 Å². The number of nitrogens with one attached hydrogen (secondary N) is 1. The van der Waals surface area contributed by atoms with Crippen molar-refractivity contribution in [2.45, 2.75) is 6.92 Å². The molecule has 24 heavy (non-hydrogen) atoms. The van der Waals surface area contributed by atoms with Crippen LogP contribution in [0.5, 0.6) is 0 Å². The second-order valence-electron chi connectivity index (χ2n) is 5.35. The van der Waals surface area contributed by atoms with Gasteiger partial charge in [-0.2, -0.15) is 0 Å². The van der Waals surface area contributed by atoms with E-state index in [1.54, 1.807) is 37.4 Å². The number of anilines is 1. The molecule has 1 N–H and O–H groups in total. The summed E-state index contributed by atoms with van der Waals surface area (Å²) in [5.74, 6) is -0.958. The van der Waals surface area contributed by atoms with Crippen LogP contribution in [0.3, 0.4) is 0 Å². The SMILES string of the molecule is Cc1ccc(NC(=O)c2cc(-c3ccccn3)ccc2Cl)c(F)c1. The molecule has 0 spiro atoms. The molecule has 1 heterocycles. The molecule has 0 saturated carbocycles. The van der Waals surface area contributed by atoms with Crippen LogP contribution in [0.25, 0.3) is 11.3 Å². The number of nitrogens with zero attached hydrogens (tertiary/aromatic N) is 1. The van der Waals surface area contributed by atoms with Crippen LogP contribution >= 0.6 is 11.6 Å². The third kappa shape index (κ3) is 3.44. The minimum absolute atomic E-state index is 0.116. The monoisotopic (exact) mass is 340 g/mol. The molecule has 0 fully saturated rings. The van der Waals surface area contributed by atoms with Gasteiger partial charge in [-0.1, -0.05) is 29.8 Å². The predicted octanol–water partition coefficient (Wildman–Crippen LogP) is 5.10. The Morgan fingerprint density at radius 3 is 2.67 bits per heavy atom. The van der Waals surface area contributed by atoms with Gasteiger partial charge in [0.05, 0.1) is 22.0 Å². The average molecular weight is 341 g/mol. The molecule has 0 bridgehead atoms. The predicted molar refractivity (Wildman–Crippen MR) is 93.8 cm³/mol. The van der Waals surface area contributed by atoms with Crippen LogP contribution in [0.1, 0.15) is 15.9 Å². The zero-order valence-corrected chi connectivity index (χ0v) is 13.6. The fourth-order valence-electron chi connectivity index (χ4n) is 2.30. The molecule has 0 atom stereocenters. The summed E-state index contributed by atoms with van der Waals surface area (Å²) < 4.78 is 13.9. The Kier molecular flexibility index (Phi) is 4.58. The number of carbonyl (C=O) groups excluding carboxylic acids is 1. The van der Waals surface area contributed by atoms with Crippen molar-refractivity contribution in [3.63, 3.8) is 0 Å². The molecule has 3 nitrogen and oxygen atoms in total. The maximum atomic E-state index is 13.9. The molecule has 2 aromatic carbocycles. The second-order valence-corrected chi connectivity index (χ2v) is 5.75. The first-order valence-electron chi connectivity index (χ1n) is 7.33. The Balaban J connectivity index is 1.92. The lowest BCUT2D eigenvalue weighted by molar-refractivity contribution is 0.102. The normalized spacial score (nSPS) is 10.5. The number of halogens is 2. The largest absolute Gasteiger partial charge is 0.319 e. The van der Waals surface area contributed by atoms with Crippen LogP contribution in [-0.2, 0) is 0 Å². The molecule has 0 aliphatic carbocycles. The van der Waals surface area contributed by atoms with E-state index >= 15 is 0 Å². The van der Waals surface area contributed by atoms with Gasteiger partial charge < -0.3 is 5.32 Å². The number of pyridine rings is 1. The number of amides is 1. The molecule has 0 saturated heterocycles.